The molecule has 1 amide bonds. The lowest BCUT2D eigenvalue weighted by Gasteiger charge is -2.50. The molecule has 1 aromatic heterocycles. The molecule has 2 aromatic rings. The zero-order valence-corrected chi connectivity index (χ0v) is 20.9. The van der Waals surface area contributed by atoms with Crippen LogP contribution in [-0.4, -0.2) is 27.8 Å². The van der Waals surface area contributed by atoms with E-state index in [1.165, 1.54) is 11.3 Å². The molecule has 5 rings (SSSR count). The number of ketones is 1. The number of carboxylic acids is 1. The minimum absolute atomic E-state index is 0.0743. The Morgan fingerprint density at radius 1 is 1.31 bits per heavy atom. The van der Waals surface area contributed by atoms with Gasteiger partial charge in [-0.25, -0.2) is 9.37 Å². The van der Waals surface area contributed by atoms with Crippen molar-refractivity contribution in [1.82, 2.24) is 4.98 Å². The first-order valence-corrected chi connectivity index (χ1v) is 13.3. The maximum Gasteiger partial charge on any atom is 0.307 e. The number of aliphatic carboxylic acids is 1. The number of benzene rings is 1. The summed E-state index contributed by atoms with van der Waals surface area (Å²) in [5.74, 6) is -0.496. The molecule has 8 heteroatoms. The summed E-state index contributed by atoms with van der Waals surface area (Å²) in [7, 11) is 0. The molecular weight excluding hydrogens is 467 g/mol. The van der Waals surface area contributed by atoms with Crippen molar-refractivity contribution in [2.75, 3.05) is 5.32 Å². The van der Waals surface area contributed by atoms with Crippen molar-refractivity contribution in [2.24, 2.45) is 23.2 Å². The van der Waals surface area contributed by atoms with Crippen LogP contribution in [0.25, 0.3) is 0 Å². The predicted molar refractivity (Wildman–Crippen MR) is 131 cm³/mol. The summed E-state index contributed by atoms with van der Waals surface area (Å²) in [5, 5.41) is 12.6. The number of carboxylic acid groups (broad SMARTS) is 1. The molecule has 4 unspecified atom stereocenters. The van der Waals surface area contributed by atoms with Crippen LogP contribution >= 0.6 is 11.3 Å². The Bertz CT molecular complexity index is 1190. The molecule has 5 atom stereocenters. The fraction of sp³-hybridized carbons (Fsp3) is 0.556. The minimum atomic E-state index is -1.03. The molecule has 0 aliphatic heterocycles. The van der Waals surface area contributed by atoms with Crippen LogP contribution in [0.4, 0.5) is 9.52 Å². The lowest BCUT2D eigenvalue weighted by molar-refractivity contribution is -0.136. The molecule has 186 valence electrons. The van der Waals surface area contributed by atoms with Gasteiger partial charge < -0.3 is 10.4 Å². The van der Waals surface area contributed by atoms with Gasteiger partial charge in [-0.2, -0.15) is 0 Å². The van der Waals surface area contributed by atoms with Crippen LogP contribution in [0.1, 0.15) is 72.9 Å². The van der Waals surface area contributed by atoms with Gasteiger partial charge in [0.2, 0.25) is 5.91 Å². The molecule has 2 fully saturated rings. The molecule has 0 radical (unpaired) electrons. The van der Waals surface area contributed by atoms with Crippen molar-refractivity contribution in [1.29, 1.82) is 0 Å². The Balaban J connectivity index is 1.35. The van der Waals surface area contributed by atoms with E-state index in [4.69, 9.17) is 5.11 Å². The molecule has 0 saturated heterocycles. The first kappa shape index (κ1) is 24.1. The monoisotopic (exact) mass is 498 g/mol. The number of fused-ring (bicyclic) bond motifs is 5. The quantitative estimate of drug-likeness (QED) is 0.564. The molecule has 35 heavy (non-hydrogen) atoms. The zero-order chi connectivity index (χ0) is 24.9. The highest BCUT2D eigenvalue weighted by Crippen LogP contribution is 2.62. The summed E-state index contributed by atoms with van der Waals surface area (Å²) in [5.41, 5.74) is 1.90. The number of anilines is 1. The third-order valence-electron chi connectivity index (χ3n) is 8.69. The highest BCUT2D eigenvalue weighted by atomic mass is 32.1. The second kappa shape index (κ2) is 9.12. The topological polar surface area (TPSA) is 96.4 Å². The van der Waals surface area contributed by atoms with Crippen LogP contribution in [0.2, 0.25) is 0 Å². The fourth-order valence-electron chi connectivity index (χ4n) is 7.18. The largest absolute Gasteiger partial charge is 0.481 e. The first-order chi connectivity index (χ1) is 16.7. The van der Waals surface area contributed by atoms with Crippen molar-refractivity contribution in [3.05, 3.63) is 45.7 Å². The van der Waals surface area contributed by atoms with E-state index in [0.717, 1.165) is 41.7 Å². The summed E-state index contributed by atoms with van der Waals surface area (Å²) in [6.45, 7) is 4.04. The number of nitrogens with zero attached hydrogens (tertiary/aromatic N) is 1. The average molecular weight is 499 g/mol. The van der Waals surface area contributed by atoms with Crippen molar-refractivity contribution in [3.8, 4) is 0 Å². The van der Waals surface area contributed by atoms with E-state index in [1.54, 1.807) is 18.3 Å². The summed E-state index contributed by atoms with van der Waals surface area (Å²) >= 11 is 1.45. The number of rotatable bonds is 6. The van der Waals surface area contributed by atoms with Gasteiger partial charge in [0.1, 0.15) is 11.6 Å². The van der Waals surface area contributed by atoms with E-state index >= 15 is 0 Å². The minimum Gasteiger partial charge on any atom is -0.481 e. The van der Waals surface area contributed by atoms with Gasteiger partial charge in [0.15, 0.2) is 5.13 Å². The fourth-order valence-corrected chi connectivity index (χ4v) is 7.86. The zero-order valence-electron chi connectivity index (χ0n) is 20.1. The molecule has 2 saturated carbocycles. The van der Waals surface area contributed by atoms with Crippen LogP contribution in [0.15, 0.2) is 18.3 Å². The maximum atomic E-state index is 14.8. The molecule has 3 aliphatic carbocycles. The molecule has 0 bridgehead atoms. The number of nitrogens with one attached hydrogen (secondary N) is 1. The molecule has 2 N–H and O–H groups in total. The van der Waals surface area contributed by atoms with Gasteiger partial charge in [-0.05, 0) is 85.5 Å². The van der Waals surface area contributed by atoms with Crippen LogP contribution in [0.3, 0.4) is 0 Å². The predicted octanol–water partition coefficient (Wildman–Crippen LogP) is 5.29. The molecular formula is C27H31FN2O4S. The van der Waals surface area contributed by atoms with Gasteiger partial charge in [0.05, 0.1) is 6.42 Å². The first-order valence-electron chi connectivity index (χ1n) is 12.4. The summed E-state index contributed by atoms with van der Waals surface area (Å²) < 4.78 is 14.8. The van der Waals surface area contributed by atoms with Crippen LogP contribution in [-0.2, 0) is 27.2 Å². The van der Waals surface area contributed by atoms with Crippen molar-refractivity contribution >= 4 is 34.1 Å². The molecule has 3 aliphatic rings. The highest BCUT2D eigenvalue weighted by Gasteiger charge is 2.58. The number of amides is 1. The summed E-state index contributed by atoms with van der Waals surface area (Å²) in [4.78, 5) is 42.1. The number of halogens is 1. The molecule has 6 nitrogen and oxygen atoms in total. The molecule has 1 aromatic carbocycles. The van der Waals surface area contributed by atoms with Crippen LogP contribution in [0.5, 0.6) is 0 Å². The highest BCUT2D eigenvalue weighted by molar-refractivity contribution is 7.15. The van der Waals surface area contributed by atoms with E-state index in [-0.39, 0.29) is 47.0 Å². The standard InChI is InChI=1S/C27H31FN2O4S/c1-14-13-29-26(35-14)30-23(32)6-4-16-10-22(31)27(2)8-7-18-19(25(16)27)5-3-15-9-17(11-24(33)34)21(28)12-20(15)18/h9,12-13,16,18-19,25H,3-8,10-11H2,1-2H3,(H,33,34)(H,29,30,32)/t16?,18?,19?,25?,27-/m1/s1. The van der Waals surface area contributed by atoms with Gasteiger partial charge in [-0.1, -0.05) is 13.0 Å². The Hall–Kier alpha value is -2.61. The Kier molecular flexibility index (Phi) is 6.28. The number of aromatic nitrogens is 1. The second-order valence-corrected chi connectivity index (χ2v) is 12.0. The third-order valence-corrected chi connectivity index (χ3v) is 9.52. The smallest absolute Gasteiger partial charge is 0.307 e. The lowest BCUT2D eigenvalue weighted by atomic mass is 9.54. The number of hydrogen-bond donors (Lipinski definition) is 2. The number of aryl methyl sites for hydroxylation is 2. The van der Waals surface area contributed by atoms with Gasteiger partial charge in [0, 0.05) is 29.3 Å². The Morgan fingerprint density at radius 3 is 2.83 bits per heavy atom. The van der Waals surface area contributed by atoms with Crippen LogP contribution in [0, 0.1) is 35.9 Å². The third kappa shape index (κ3) is 4.41. The van der Waals surface area contributed by atoms with Gasteiger partial charge in [-0.3, -0.25) is 14.4 Å². The SMILES string of the molecule is Cc1cnc(NC(=O)CCC2CC(=O)[C@@]3(C)CCC4c5cc(F)c(CC(=O)O)cc5CCC4C23)s1. The van der Waals surface area contributed by atoms with Gasteiger partial charge in [0.25, 0.3) is 0 Å². The normalized spacial score (nSPS) is 29.3. The number of carbonyl (C=O) groups excluding carboxylic acids is 2. The number of hydrogen-bond acceptors (Lipinski definition) is 5. The van der Waals surface area contributed by atoms with E-state index in [1.807, 2.05) is 6.92 Å². The number of Topliss-reactive ketones (excluding diaryl/α,β-unsaturated/α-hetero) is 1. The van der Waals surface area contributed by atoms with E-state index in [0.29, 0.717) is 30.2 Å². The summed E-state index contributed by atoms with van der Waals surface area (Å²) in [6, 6.07) is 3.30. The summed E-state index contributed by atoms with van der Waals surface area (Å²) in [6.07, 6.45) is 6.22. The number of carbonyl (C=O) groups is 3. The Morgan fingerprint density at radius 2 is 2.11 bits per heavy atom. The van der Waals surface area contributed by atoms with Crippen molar-refractivity contribution < 1.29 is 23.9 Å². The van der Waals surface area contributed by atoms with E-state index < -0.39 is 11.8 Å². The maximum absolute atomic E-state index is 14.8. The average Bonchev–Trinajstić information content (AvgIpc) is 3.32. The van der Waals surface area contributed by atoms with Crippen molar-refractivity contribution in [2.45, 2.75) is 71.1 Å². The van der Waals surface area contributed by atoms with E-state index in [2.05, 4.69) is 17.2 Å². The second-order valence-electron chi connectivity index (χ2n) is 10.8. The van der Waals surface area contributed by atoms with Gasteiger partial charge >= 0.3 is 5.97 Å². The van der Waals surface area contributed by atoms with E-state index in [9.17, 15) is 18.8 Å². The van der Waals surface area contributed by atoms with Gasteiger partial charge in [-0.15, -0.1) is 11.3 Å². The lowest BCUT2D eigenvalue weighted by Crippen LogP contribution is -2.44. The molecule has 1 heterocycles. The van der Waals surface area contributed by atoms with Crippen molar-refractivity contribution in [3.63, 3.8) is 0 Å². The molecule has 0 spiro atoms. The van der Waals surface area contributed by atoms with Crippen LogP contribution < -0.4 is 5.32 Å². The number of thiazole rings is 1. The Labute approximate surface area is 208 Å².